The number of aryl methyl sites for hydroxylation is 2. The van der Waals surface area contributed by atoms with E-state index >= 15 is 0 Å². The topological polar surface area (TPSA) is 77.8 Å². The average Bonchev–Trinajstić information content (AvgIpc) is 2.21. The van der Waals surface area contributed by atoms with E-state index in [0.717, 1.165) is 21.3 Å². The molecule has 88 valence electrons. The second-order valence-corrected chi connectivity index (χ2v) is 4.75. The molecule has 1 aromatic heterocycles. The fourth-order valence-electron chi connectivity index (χ4n) is 1.72. The summed E-state index contributed by atoms with van der Waals surface area (Å²) in [5.41, 5.74) is 15.2. The smallest absolute Gasteiger partial charge is 0.222 e. The first-order valence-corrected chi connectivity index (χ1v) is 5.94. The zero-order chi connectivity index (χ0) is 12.6. The van der Waals surface area contributed by atoms with E-state index in [1.54, 1.807) is 0 Å². The van der Waals surface area contributed by atoms with Crippen LogP contribution in [0.2, 0.25) is 0 Å². The molecule has 0 spiro atoms. The minimum absolute atomic E-state index is 0.204. The van der Waals surface area contributed by atoms with Crippen molar-refractivity contribution >= 4 is 27.7 Å². The molecule has 0 bridgehead atoms. The summed E-state index contributed by atoms with van der Waals surface area (Å²) in [5.74, 6) is 0.612. The maximum atomic E-state index is 5.90. The Bertz CT molecular complexity index is 558. The molecule has 1 aromatic carbocycles. The van der Waals surface area contributed by atoms with Gasteiger partial charge in [0.1, 0.15) is 5.82 Å². The van der Waals surface area contributed by atoms with Crippen molar-refractivity contribution in [2.24, 2.45) is 0 Å². The third kappa shape index (κ3) is 2.24. The van der Waals surface area contributed by atoms with Crippen molar-refractivity contribution in [3.63, 3.8) is 0 Å². The highest BCUT2D eigenvalue weighted by molar-refractivity contribution is 9.10. The Labute approximate surface area is 108 Å². The number of nitrogens with two attached hydrogens (primary N) is 2. The summed E-state index contributed by atoms with van der Waals surface area (Å²) < 4.78 is 1.03. The zero-order valence-corrected chi connectivity index (χ0v) is 11.2. The van der Waals surface area contributed by atoms with Crippen LogP contribution in [0.5, 0.6) is 0 Å². The van der Waals surface area contributed by atoms with Gasteiger partial charge in [0.2, 0.25) is 5.95 Å². The highest BCUT2D eigenvalue weighted by Crippen LogP contribution is 2.30. The summed E-state index contributed by atoms with van der Waals surface area (Å²) >= 11 is 3.50. The molecule has 0 saturated heterocycles. The maximum Gasteiger partial charge on any atom is 0.222 e. The van der Waals surface area contributed by atoms with Gasteiger partial charge in [0.15, 0.2) is 0 Å². The molecule has 0 amide bonds. The highest BCUT2D eigenvalue weighted by atomic mass is 79.9. The molecule has 0 unspecified atom stereocenters. The van der Waals surface area contributed by atoms with Gasteiger partial charge in [0, 0.05) is 10.0 Å². The van der Waals surface area contributed by atoms with Gasteiger partial charge in [-0.1, -0.05) is 28.1 Å². The quantitative estimate of drug-likeness (QED) is 0.847. The minimum Gasteiger partial charge on any atom is -0.383 e. The number of hydrogen-bond acceptors (Lipinski definition) is 4. The number of nitrogen functional groups attached to an aromatic ring is 2. The van der Waals surface area contributed by atoms with Crippen LogP contribution in [-0.2, 0) is 0 Å². The van der Waals surface area contributed by atoms with E-state index in [4.69, 9.17) is 11.5 Å². The van der Waals surface area contributed by atoms with Gasteiger partial charge in [-0.25, -0.2) is 4.98 Å². The van der Waals surface area contributed by atoms with Crippen LogP contribution in [0.3, 0.4) is 0 Å². The van der Waals surface area contributed by atoms with Gasteiger partial charge < -0.3 is 11.5 Å². The van der Waals surface area contributed by atoms with E-state index in [9.17, 15) is 0 Å². The van der Waals surface area contributed by atoms with E-state index in [1.807, 2.05) is 32.0 Å². The molecule has 0 aliphatic rings. The Morgan fingerprint density at radius 1 is 1.12 bits per heavy atom. The van der Waals surface area contributed by atoms with Crippen molar-refractivity contribution < 1.29 is 0 Å². The van der Waals surface area contributed by atoms with Crippen LogP contribution in [0.1, 0.15) is 11.3 Å². The van der Waals surface area contributed by atoms with Crippen LogP contribution < -0.4 is 11.5 Å². The number of halogens is 1. The number of hydrogen-bond donors (Lipinski definition) is 2. The minimum atomic E-state index is 0.204. The fraction of sp³-hybridized carbons (Fsp3) is 0.167. The lowest BCUT2D eigenvalue weighted by Gasteiger charge is -2.10. The summed E-state index contributed by atoms with van der Waals surface area (Å²) in [4.78, 5) is 8.13. The Hall–Kier alpha value is -1.62. The lowest BCUT2D eigenvalue weighted by atomic mass is 10.0. The molecule has 0 fully saturated rings. The normalized spacial score (nSPS) is 10.5. The Morgan fingerprint density at radius 2 is 1.82 bits per heavy atom. The fourth-order valence-corrected chi connectivity index (χ4v) is 2.10. The lowest BCUT2D eigenvalue weighted by molar-refractivity contribution is 1.13. The molecule has 0 saturated carbocycles. The summed E-state index contributed by atoms with van der Waals surface area (Å²) in [6.45, 7) is 3.90. The van der Waals surface area contributed by atoms with Crippen LogP contribution in [0.25, 0.3) is 11.1 Å². The maximum absolute atomic E-state index is 5.90. The number of benzene rings is 1. The Balaban J connectivity index is 2.64. The van der Waals surface area contributed by atoms with Gasteiger partial charge in [-0.2, -0.15) is 4.98 Å². The predicted molar refractivity (Wildman–Crippen MR) is 73.5 cm³/mol. The molecule has 1 heterocycles. The molecule has 0 aliphatic carbocycles. The van der Waals surface area contributed by atoms with Crippen molar-refractivity contribution in [2.45, 2.75) is 13.8 Å². The van der Waals surface area contributed by atoms with Crippen LogP contribution in [0, 0.1) is 13.8 Å². The number of anilines is 2. The molecule has 4 N–H and O–H groups in total. The van der Waals surface area contributed by atoms with Crippen LogP contribution in [-0.4, -0.2) is 9.97 Å². The monoisotopic (exact) mass is 292 g/mol. The summed E-state index contributed by atoms with van der Waals surface area (Å²) in [5, 5.41) is 0. The van der Waals surface area contributed by atoms with E-state index in [1.165, 1.54) is 5.56 Å². The number of rotatable bonds is 1. The lowest BCUT2D eigenvalue weighted by Crippen LogP contribution is -2.04. The largest absolute Gasteiger partial charge is 0.383 e. The van der Waals surface area contributed by atoms with E-state index in [0.29, 0.717) is 5.82 Å². The van der Waals surface area contributed by atoms with Crippen molar-refractivity contribution in [1.29, 1.82) is 0 Å². The van der Waals surface area contributed by atoms with Crippen molar-refractivity contribution in [1.82, 2.24) is 9.97 Å². The molecule has 17 heavy (non-hydrogen) atoms. The van der Waals surface area contributed by atoms with E-state index in [2.05, 4.69) is 25.9 Å². The summed E-state index contributed by atoms with van der Waals surface area (Å²) in [6, 6.07) is 6.03. The van der Waals surface area contributed by atoms with Crippen LogP contribution in [0.15, 0.2) is 22.7 Å². The van der Waals surface area contributed by atoms with Crippen molar-refractivity contribution in [3.8, 4) is 11.1 Å². The first kappa shape index (κ1) is 11.9. The molecule has 0 aliphatic heterocycles. The van der Waals surface area contributed by atoms with Gasteiger partial charge in [-0.05, 0) is 31.0 Å². The Kier molecular flexibility index (Phi) is 3.02. The number of nitrogens with zero attached hydrogens (tertiary/aromatic N) is 2. The van der Waals surface area contributed by atoms with E-state index in [-0.39, 0.29) is 5.95 Å². The SMILES string of the molecule is Cc1ccc(-c2c(C)nc(N)nc2N)cc1Br. The molecule has 0 atom stereocenters. The van der Waals surface area contributed by atoms with Crippen LogP contribution >= 0.6 is 15.9 Å². The van der Waals surface area contributed by atoms with Gasteiger partial charge >= 0.3 is 0 Å². The average molecular weight is 293 g/mol. The molecule has 0 radical (unpaired) electrons. The third-order valence-corrected chi connectivity index (χ3v) is 3.45. The highest BCUT2D eigenvalue weighted by Gasteiger charge is 2.11. The Morgan fingerprint density at radius 3 is 2.41 bits per heavy atom. The van der Waals surface area contributed by atoms with Crippen molar-refractivity contribution in [3.05, 3.63) is 33.9 Å². The van der Waals surface area contributed by atoms with E-state index < -0.39 is 0 Å². The molecule has 5 heteroatoms. The van der Waals surface area contributed by atoms with Gasteiger partial charge in [0.25, 0.3) is 0 Å². The molecule has 2 aromatic rings. The molecule has 4 nitrogen and oxygen atoms in total. The van der Waals surface area contributed by atoms with Crippen molar-refractivity contribution in [2.75, 3.05) is 11.5 Å². The molecule has 2 rings (SSSR count). The first-order chi connectivity index (χ1) is 7.99. The van der Waals surface area contributed by atoms with Crippen LogP contribution in [0.4, 0.5) is 11.8 Å². The predicted octanol–water partition coefficient (Wildman–Crippen LogP) is 2.69. The summed E-state index contributed by atoms with van der Waals surface area (Å²) in [6.07, 6.45) is 0. The van der Waals surface area contributed by atoms with Gasteiger partial charge in [0.05, 0.1) is 5.69 Å². The summed E-state index contributed by atoms with van der Waals surface area (Å²) in [7, 11) is 0. The zero-order valence-electron chi connectivity index (χ0n) is 9.66. The van der Waals surface area contributed by atoms with Gasteiger partial charge in [-0.15, -0.1) is 0 Å². The first-order valence-electron chi connectivity index (χ1n) is 5.15. The number of aromatic nitrogens is 2. The molecular weight excluding hydrogens is 280 g/mol. The second kappa shape index (κ2) is 4.33. The standard InChI is InChI=1S/C12H13BrN4/c1-6-3-4-8(5-9(6)13)10-7(2)16-12(15)17-11(10)14/h3-5H,1-2H3,(H4,14,15,16,17). The third-order valence-electron chi connectivity index (χ3n) is 2.60. The molecular formula is C12H13BrN4. The van der Waals surface area contributed by atoms with Gasteiger partial charge in [-0.3, -0.25) is 0 Å². The second-order valence-electron chi connectivity index (χ2n) is 3.89.